The van der Waals surface area contributed by atoms with Crippen molar-refractivity contribution >= 4 is 27.6 Å². The van der Waals surface area contributed by atoms with Crippen molar-refractivity contribution in [3.63, 3.8) is 0 Å². The van der Waals surface area contributed by atoms with Gasteiger partial charge >= 0.3 is 5.97 Å². The van der Waals surface area contributed by atoms with Crippen LogP contribution in [0.2, 0.25) is 0 Å². The van der Waals surface area contributed by atoms with Gasteiger partial charge in [0.15, 0.2) is 0 Å². The van der Waals surface area contributed by atoms with Gasteiger partial charge in [0, 0.05) is 16.6 Å². The molecule has 2 aromatic carbocycles. The molecule has 0 spiro atoms. The van der Waals surface area contributed by atoms with Crippen LogP contribution < -0.4 is 5.32 Å². The average Bonchev–Trinajstić information content (AvgIpc) is 2.44. The first kappa shape index (κ1) is 15.5. The van der Waals surface area contributed by atoms with Gasteiger partial charge in [-0.1, -0.05) is 30.3 Å². The van der Waals surface area contributed by atoms with Gasteiger partial charge in [0.05, 0.1) is 0 Å². The number of carboxylic acids is 1. The lowest BCUT2D eigenvalue weighted by Crippen LogP contribution is -2.45. The van der Waals surface area contributed by atoms with Crippen LogP contribution in [0.15, 0.2) is 53.0 Å². The van der Waals surface area contributed by atoms with E-state index in [2.05, 4.69) is 21.2 Å². The van der Waals surface area contributed by atoms with E-state index in [1.807, 2.05) is 12.1 Å². The van der Waals surface area contributed by atoms with Crippen LogP contribution in [0, 0.1) is 5.82 Å². The number of halogens is 2. The normalized spacial score (nSPS) is 13.5. The molecule has 0 aliphatic rings. The minimum Gasteiger partial charge on any atom is -0.480 e. The Bertz CT molecular complexity index is 613. The molecule has 0 aliphatic carbocycles. The molecule has 2 N–H and O–H groups in total. The van der Waals surface area contributed by atoms with E-state index in [4.69, 9.17) is 0 Å². The zero-order valence-electron chi connectivity index (χ0n) is 11.4. The van der Waals surface area contributed by atoms with Crippen LogP contribution in [0.4, 0.5) is 10.1 Å². The minimum atomic E-state index is -1.31. The van der Waals surface area contributed by atoms with Crippen LogP contribution in [0.25, 0.3) is 0 Å². The zero-order valence-corrected chi connectivity index (χ0v) is 13.0. The van der Waals surface area contributed by atoms with Crippen LogP contribution >= 0.6 is 15.9 Å². The maximum atomic E-state index is 13.8. The van der Waals surface area contributed by atoms with Crippen LogP contribution in [0.1, 0.15) is 12.5 Å². The highest BCUT2D eigenvalue weighted by atomic mass is 79.9. The molecule has 0 fully saturated rings. The van der Waals surface area contributed by atoms with Crippen molar-refractivity contribution in [2.45, 2.75) is 18.9 Å². The number of hydrogen-bond donors (Lipinski definition) is 2. The van der Waals surface area contributed by atoms with E-state index in [9.17, 15) is 14.3 Å². The first-order chi connectivity index (χ1) is 9.92. The van der Waals surface area contributed by atoms with Crippen LogP contribution in [0.5, 0.6) is 0 Å². The molecule has 0 saturated heterocycles. The van der Waals surface area contributed by atoms with Gasteiger partial charge in [-0.25, -0.2) is 9.18 Å². The van der Waals surface area contributed by atoms with Gasteiger partial charge in [-0.3, -0.25) is 0 Å². The predicted molar refractivity (Wildman–Crippen MR) is 83.9 cm³/mol. The molecular formula is C16H15BrFNO2. The molecule has 21 heavy (non-hydrogen) atoms. The first-order valence-corrected chi connectivity index (χ1v) is 7.21. The lowest BCUT2D eigenvalue weighted by atomic mass is 9.92. The van der Waals surface area contributed by atoms with Gasteiger partial charge in [-0.05, 0) is 46.6 Å². The Morgan fingerprint density at radius 3 is 2.48 bits per heavy atom. The molecular weight excluding hydrogens is 337 g/mol. The smallest absolute Gasteiger partial charge is 0.329 e. The third-order valence-corrected chi connectivity index (χ3v) is 3.95. The molecule has 0 amide bonds. The van der Waals surface area contributed by atoms with Gasteiger partial charge in [0.2, 0.25) is 0 Å². The number of benzene rings is 2. The van der Waals surface area contributed by atoms with Gasteiger partial charge in [0.1, 0.15) is 11.4 Å². The summed E-state index contributed by atoms with van der Waals surface area (Å²) < 4.78 is 14.5. The zero-order chi connectivity index (χ0) is 15.5. The number of carboxylic acid groups (broad SMARTS) is 1. The fourth-order valence-electron chi connectivity index (χ4n) is 2.06. The predicted octanol–water partition coefficient (Wildman–Crippen LogP) is 4.09. The van der Waals surface area contributed by atoms with Crippen molar-refractivity contribution in [3.8, 4) is 0 Å². The molecule has 0 radical (unpaired) electrons. The van der Waals surface area contributed by atoms with Crippen molar-refractivity contribution in [1.82, 2.24) is 0 Å². The van der Waals surface area contributed by atoms with Crippen molar-refractivity contribution in [2.24, 2.45) is 0 Å². The van der Waals surface area contributed by atoms with E-state index in [-0.39, 0.29) is 6.42 Å². The monoisotopic (exact) mass is 351 g/mol. The topological polar surface area (TPSA) is 49.3 Å². The maximum Gasteiger partial charge on any atom is 0.329 e. The highest BCUT2D eigenvalue weighted by Crippen LogP contribution is 2.27. The van der Waals surface area contributed by atoms with Crippen LogP contribution in [0.3, 0.4) is 0 Å². The summed E-state index contributed by atoms with van der Waals surface area (Å²) in [4.78, 5) is 11.7. The number of rotatable bonds is 5. The number of aliphatic carboxylic acids is 1. The summed E-state index contributed by atoms with van der Waals surface area (Å²) in [7, 11) is 0. The number of hydrogen-bond acceptors (Lipinski definition) is 2. The second-order valence-electron chi connectivity index (χ2n) is 5.01. The first-order valence-electron chi connectivity index (χ1n) is 6.42. The van der Waals surface area contributed by atoms with Crippen molar-refractivity contribution in [1.29, 1.82) is 0 Å². The maximum absolute atomic E-state index is 13.8. The third kappa shape index (κ3) is 3.61. The average molecular weight is 352 g/mol. The lowest BCUT2D eigenvalue weighted by Gasteiger charge is -2.28. The molecule has 2 aromatic rings. The summed E-state index contributed by atoms with van der Waals surface area (Å²) >= 11 is 3.37. The summed E-state index contributed by atoms with van der Waals surface area (Å²) in [5.41, 5.74) is -0.299. The Morgan fingerprint density at radius 1 is 1.24 bits per heavy atom. The van der Waals surface area contributed by atoms with Crippen molar-refractivity contribution < 1.29 is 14.3 Å². The Labute approximate surface area is 130 Å². The van der Waals surface area contributed by atoms with E-state index in [1.54, 1.807) is 37.3 Å². The largest absolute Gasteiger partial charge is 0.480 e. The minimum absolute atomic E-state index is 0.0380. The van der Waals surface area contributed by atoms with E-state index in [0.29, 0.717) is 11.3 Å². The third-order valence-electron chi connectivity index (χ3n) is 3.26. The SMILES string of the molecule is CC(Cc1ccccc1F)(Nc1ccccc1Br)C(=O)O. The van der Waals surface area contributed by atoms with E-state index >= 15 is 0 Å². The Balaban J connectivity index is 2.31. The summed E-state index contributed by atoms with van der Waals surface area (Å²) in [5.74, 6) is -1.44. The van der Waals surface area contributed by atoms with Gasteiger partial charge < -0.3 is 10.4 Å². The second kappa shape index (κ2) is 6.26. The number of anilines is 1. The molecule has 1 atom stereocenters. The van der Waals surface area contributed by atoms with Crippen LogP contribution in [-0.2, 0) is 11.2 Å². The summed E-state index contributed by atoms with van der Waals surface area (Å²) in [6, 6.07) is 13.4. The highest BCUT2D eigenvalue weighted by molar-refractivity contribution is 9.10. The standard InChI is InChI=1S/C16H15BrFNO2/c1-16(15(20)21,10-11-6-2-4-8-13(11)18)19-14-9-5-3-7-12(14)17/h2-9,19H,10H2,1H3,(H,20,21). The van der Waals surface area contributed by atoms with E-state index in [1.165, 1.54) is 6.07 Å². The van der Waals surface area contributed by atoms with E-state index < -0.39 is 17.3 Å². The van der Waals surface area contributed by atoms with Gasteiger partial charge in [0.25, 0.3) is 0 Å². The summed E-state index contributed by atoms with van der Waals surface area (Å²) in [5, 5.41) is 12.5. The van der Waals surface area contributed by atoms with Crippen molar-refractivity contribution in [3.05, 3.63) is 64.4 Å². The van der Waals surface area contributed by atoms with Crippen LogP contribution in [-0.4, -0.2) is 16.6 Å². The van der Waals surface area contributed by atoms with Crippen molar-refractivity contribution in [2.75, 3.05) is 5.32 Å². The quantitative estimate of drug-likeness (QED) is 0.852. The second-order valence-corrected chi connectivity index (χ2v) is 5.86. The summed E-state index contributed by atoms with van der Waals surface area (Å²) in [6.45, 7) is 1.54. The Morgan fingerprint density at radius 2 is 1.86 bits per heavy atom. The fraction of sp³-hybridized carbons (Fsp3) is 0.188. The fourth-order valence-corrected chi connectivity index (χ4v) is 2.44. The van der Waals surface area contributed by atoms with Gasteiger partial charge in [-0.2, -0.15) is 0 Å². The number of carbonyl (C=O) groups is 1. The molecule has 3 nitrogen and oxygen atoms in total. The Hall–Kier alpha value is -1.88. The number of nitrogens with one attached hydrogen (secondary N) is 1. The molecule has 0 bridgehead atoms. The molecule has 0 aliphatic heterocycles. The number of para-hydroxylation sites is 1. The lowest BCUT2D eigenvalue weighted by molar-refractivity contribution is -0.141. The Kier molecular flexibility index (Phi) is 4.63. The molecule has 1 unspecified atom stereocenters. The molecule has 110 valence electrons. The molecule has 2 rings (SSSR count). The van der Waals surface area contributed by atoms with E-state index in [0.717, 1.165) is 4.47 Å². The van der Waals surface area contributed by atoms with Gasteiger partial charge in [-0.15, -0.1) is 0 Å². The highest BCUT2D eigenvalue weighted by Gasteiger charge is 2.34. The molecule has 5 heteroatoms. The molecule has 0 saturated carbocycles. The summed E-state index contributed by atoms with van der Waals surface area (Å²) in [6.07, 6.45) is 0.0380. The molecule has 0 aromatic heterocycles. The molecule has 0 heterocycles.